The van der Waals surface area contributed by atoms with E-state index in [2.05, 4.69) is 19.9 Å². The van der Waals surface area contributed by atoms with Gasteiger partial charge in [-0.3, -0.25) is 29.1 Å². The van der Waals surface area contributed by atoms with E-state index in [0.717, 1.165) is 16.4 Å². The number of methoxy groups -OCH3 is 2. The average Bonchev–Trinajstić information content (AvgIpc) is 3.61. The summed E-state index contributed by atoms with van der Waals surface area (Å²) in [4.78, 5) is 60.1. The summed E-state index contributed by atoms with van der Waals surface area (Å²) >= 11 is 1.01. The number of carbonyl (C=O) groups excluding carboxylic acids is 4. The molecule has 208 valence electrons. The van der Waals surface area contributed by atoms with Crippen molar-refractivity contribution in [3.8, 4) is 11.5 Å². The molecule has 41 heavy (non-hydrogen) atoms. The van der Waals surface area contributed by atoms with Crippen LogP contribution in [0.15, 0.2) is 72.4 Å². The van der Waals surface area contributed by atoms with E-state index in [9.17, 15) is 19.2 Å². The van der Waals surface area contributed by atoms with Crippen molar-refractivity contribution in [3.05, 3.63) is 94.8 Å². The number of benzene rings is 2. The van der Waals surface area contributed by atoms with Gasteiger partial charge in [0.25, 0.3) is 17.7 Å². The van der Waals surface area contributed by atoms with Crippen molar-refractivity contribution >= 4 is 40.8 Å². The van der Waals surface area contributed by atoms with Gasteiger partial charge in [-0.25, -0.2) is 0 Å². The second kappa shape index (κ2) is 11.9. The molecule has 4 aromatic rings. The molecule has 0 fully saturated rings. The third kappa shape index (κ3) is 5.61. The number of amides is 4. The molecule has 0 spiro atoms. The van der Waals surface area contributed by atoms with Gasteiger partial charge in [-0.1, -0.05) is 22.7 Å². The van der Waals surface area contributed by atoms with Crippen LogP contribution < -0.4 is 14.8 Å². The zero-order chi connectivity index (χ0) is 28.9. The number of hydrogen-bond donors (Lipinski definition) is 1. The monoisotopic (exact) mass is 572 g/mol. The third-order valence-electron chi connectivity index (χ3n) is 6.45. The SMILES string of the molecule is COc1ccc(NC(=O)[C@@H](c2csnn2)N(Cc2cccnc2)C(=O)CN2C(=O)c3ccccc3C2=O)c(OC)c1. The standard InChI is InChI=1S/C28H24N6O6S/c1-39-18-9-10-21(23(12-18)40-2)30-26(36)25(22-16-41-32-31-22)33(14-17-6-5-11-29-13-17)24(35)15-34-27(37)19-7-3-4-8-20(19)28(34)38/h3-13,16,25H,14-15H2,1-2H3,(H,30,36)/t25-/m1/s1. The van der Waals surface area contributed by atoms with E-state index < -0.39 is 36.2 Å². The first-order chi connectivity index (χ1) is 19.9. The van der Waals surface area contributed by atoms with Crippen LogP contribution in [-0.2, 0) is 16.1 Å². The minimum atomic E-state index is -1.27. The number of nitrogens with one attached hydrogen (secondary N) is 1. The van der Waals surface area contributed by atoms with Crippen molar-refractivity contribution in [2.45, 2.75) is 12.6 Å². The van der Waals surface area contributed by atoms with Crippen LogP contribution in [0, 0.1) is 0 Å². The fraction of sp³-hybridized carbons (Fsp3) is 0.179. The van der Waals surface area contributed by atoms with Gasteiger partial charge < -0.3 is 19.7 Å². The lowest BCUT2D eigenvalue weighted by Gasteiger charge is -2.31. The quantitative estimate of drug-likeness (QED) is 0.284. The number of carbonyl (C=O) groups is 4. The van der Waals surface area contributed by atoms with Gasteiger partial charge in [-0.2, -0.15) is 0 Å². The van der Waals surface area contributed by atoms with Gasteiger partial charge in [0.1, 0.15) is 23.7 Å². The molecule has 4 amide bonds. The number of nitrogens with zero attached hydrogens (tertiary/aromatic N) is 5. The predicted octanol–water partition coefficient (Wildman–Crippen LogP) is 2.96. The number of pyridine rings is 1. The summed E-state index contributed by atoms with van der Waals surface area (Å²) in [5.41, 5.74) is 1.59. The Morgan fingerprint density at radius 2 is 1.78 bits per heavy atom. The Labute approximate surface area is 238 Å². The number of rotatable bonds is 10. The van der Waals surface area contributed by atoms with Crippen LogP contribution in [-0.4, -0.2) is 68.8 Å². The van der Waals surface area contributed by atoms with Crippen molar-refractivity contribution in [1.82, 2.24) is 24.4 Å². The molecule has 12 nitrogen and oxygen atoms in total. The summed E-state index contributed by atoms with van der Waals surface area (Å²) in [6, 6.07) is 13.4. The van der Waals surface area contributed by atoms with Crippen LogP contribution >= 0.6 is 11.5 Å². The summed E-state index contributed by atoms with van der Waals surface area (Å²) in [6.07, 6.45) is 3.14. The van der Waals surface area contributed by atoms with Gasteiger partial charge in [-0.05, 0) is 47.4 Å². The van der Waals surface area contributed by atoms with Crippen molar-refractivity contribution < 1.29 is 28.7 Å². The topological polar surface area (TPSA) is 144 Å². The highest BCUT2D eigenvalue weighted by Gasteiger charge is 2.40. The molecule has 0 aliphatic carbocycles. The van der Waals surface area contributed by atoms with E-state index in [4.69, 9.17) is 9.47 Å². The molecule has 0 saturated carbocycles. The molecular formula is C28H24N6O6S. The molecule has 3 heterocycles. The van der Waals surface area contributed by atoms with E-state index in [1.807, 2.05) is 0 Å². The molecule has 5 rings (SSSR count). The normalized spacial score (nSPS) is 13.0. The molecule has 0 saturated heterocycles. The highest BCUT2D eigenvalue weighted by molar-refractivity contribution is 7.03. The second-order valence-corrected chi connectivity index (χ2v) is 9.52. The van der Waals surface area contributed by atoms with Crippen LogP contribution in [0.1, 0.15) is 38.0 Å². The molecule has 0 unspecified atom stereocenters. The summed E-state index contributed by atoms with van der Waals surface area (Å²) in [5.74, 6) is -1.57. The van der Waals surface area contributed by atoms with Crippen molar-refractivity contribution in [1.29, 1.82) is 0 Å². The first-order valence-corrected chi connectivity index (χ1v) is 13.2. The van der Waals surface area contributed by atoms with E-state index in [1.54, 1.807) is 60.2 Å². The van der Waals surface area contributed by atoms with Crippen LogP contribution in [0.25, 0.3) is 0 Å². The Balaban J connectivity index is 1.50. The molecule has 2 aromatic carbocycles. The van der Waals surface area contributed by atoms with Crippen molar-refractivity contribution in [2.24, 2.45) is 0 Å². The number of imide groups is 1. The minimum Gasteiger partial charge on any atom is -0.497 e. The predicted molar refractivity (Wildman–Crippen MR) is 147 cm³/mol. The van der Waals surface area contributed by atoms with Gasteiger partial charge in [0.15, 0.2) is 6.04 Å². The van der Waals surface area contributed by atoms with Gasteiger partial charge in [0, 0.05) is 30.4 Å². The smallest absolute Gasteiger partial charge is 0.262 e. The Kier molecular flexibility index (Phi) is 7.97. The average molecular weight is 573 g/mol. The zero-order valence-corrected chi connectivity index (χ0v) is 22.8. The second-order valence-electron chi connectivity index (χ2n) is 8.91. The largest absolute Gasteiger partial charge is 0.497 e. The summed E-state index contributed by atoms with van der Waals surface area (Å²) in [7, 11) is 2.96. The van der Waals surface area contributed by atoms with Gasteiger partial charge >= 0.3 is 0 Å². The molecule has 1 aliphatic heterocycles. The lowest BCUT2D eigenvalue weighted by atomic mass is 10.1. The fourth-order valence-corrected chi connectivity index (χ4v) is 4.92. The number of fused-ring (bicyclic) bond motifs is 1. The Hall–Kier alpha value is -5.17. The number of aromatic nitrogens is 3. The van der Waals surface area contributed by atoms with Gasteiger partial charge in [0.2, 0.25) is 5.91 Å². The molecule has 1 aliphatic rings. The minimum absolute atomic E-state index is 0.0643. The number of anilines is 1. The molecule has 13 heteroatoms. The third-order valence-corrected chi connectivity index (χ3v) is 6.97. The van der Waals surface area contributed by atoms with Crippen LogP contribution in [0.4, 0.5) is 5.69 Å². The van der Waals surface area contributed by atoms with Crippen LogP contribution in [0.2, 0.25) is 0 Å². The Bertz CT molecular complexity index is 1560. The highest BCUT2D eigenvalue weighted by Crippen LogP contribution is 2.32. The van der Waals surface area contributed by atoms with Crippen LogP contribution in [0.5, 0.6) is 11.5 Å². The maximum Gasteiger partial charge on any atom is 0.262 e. The maximum absolute atomic E-state index is 13.9. The lowest BCUT2D eigenvalue weighted by Crippen LogP contribution is -2.47. The van der Waals surface area contributed by atoms with E-state index in [-0.39, 0.29) is 23.4 Å². The van der Waals surface area contributed by atoms with Gasteiger partial charge in [0.05, 0.1) is 31.0 Å². The van der Waals surface area contributed by atoms with Crippen molar-refractivity contribution in [3.63, 3.8) is 0 Å². The molecule has 1 atom stereocenters. The van der Waals surface area contributed by atoms with Gasteiger partial charge in [-0.15, -0.1) is 5.10 Å². The maximum atomic E-state index is 13.9. The molecule has 0 bridgehead atoms. The first kappa shape index (κ1) is 27.4. The fourth-order valence-electron chi connectivity index (χ4n) is 4.45. The van der Waals surface area contributed by atoms with Crippen LogP contribution in [0.3, 0.4) is 0 Å². The number of hydrogen-bond acceptors (Lipinski definition) is 10. The highest BCUT2D eigenvalue weighted by atomic mass is 32.1. The Morgan fingerprint density at radius 3 is 2.39 bits per heavy atom. The lowest BCUT2D eigenvalue weighted by molar-refractivity contribution is -0.140. The van der Waals surface area contributed by atoms with Crippen molar-refractivity contribution in [2.75, 3.05) is 26.1 Å². The summed E-state index contributed by atoms with van der Waals surface area (Å²) in [6.45, 7) is -0.648. The molecular weight excluding hydrogens is 548 g/mol. The zero-order valence-electron chi connectivity index (χ0n) is 22.0. The molecule has 1 N–H and O–H groups in total. The van der Waals surface area contributed by atoms with E-state index in [1.165, 1.54) is 31.3 Å². The Morgan fingerprint density at radius 1 is 1.02 bits per heavy atom. The van der Waals surface area contributed by atoms with E-state index in [0.29, 0.717) is 22.7 Å². The molecule has 0 radical (unpaired) electrons. The van der Waals surface area contributed by atoms with E-state index >= 15 is 0 Å². The summed E-state index contributed by atoms with van der Waals surface area (Å²) < 4.78 is 14.5. The summed E-state index contributed by atoms with van der Waals surface area (Å²) in [5, 5.41) is 8.45. The first-order valence-electron chi connectivity index (χ1n) is 12.3. The number of ether oxygens (including phenoxy) is 2. The molecule has 2 aromatic heterocycles.